The Morgan fingerprint density at radius 2 is 1.50 bits per heavy atom. The number of carboxylic acids is 1. The number of carbonyl (C=O) groups is 3. The summed E-state index contributed by atoms with van der Waals surface area (Å²) in [6, 6.07) is 7.98. The number of thiophene rings is 1. The largest absolute Gasteiger partial charge is 0.495 e. The lowest BCUT2D eigenvalue weighted by Crippen LogP contribution is -2.22. The molecule has 0 bridgehead atoms. The standard InChI is InChI=1S/C19H12O6S/c1-24-16-10-7-11(19(22)23)26-18(10)17(25-2)13-12(16)14(20)8-5-3-4-6-9(8)15(13)21/h3-7H,1-2H3,(H,22,23). The second-order valence-electron chi connectivity index (χ2n) is 5.68. The molecule has 1 aliphatic rings. The Morgan fingerprint density at radius 3 is 2.00 bits per heavy atom. The van der Waals surface area contributed by atoms with Gasteiger partial charge in [-0.15, -0.1) is 11.3 Å². The van der Waals surface area contributed by atoms with Gasteiger partial charge in [-0.3, -0.25) is 9.59 Å². The van der Waals surface area contributed by atoms with Gasteiger partial charge in [-0.25, -0.2) is 4.79 Å². The van der Waals surface area contributed by atoms with Crippen LogP contribution >= 0.6 is 11.3 Å². The van der Waals surface area contributed by atoms with Crippen molar-refractivity contribution in [3.63, 3.8) is 0 Å². The molecule has 7 heteroatoms. The fourth-order valence-electron chi connectivity index (χ4n) is 3.30. The normalized spacial score (nSPS) is 12.7. The van der Waals surface area contributed by atoms with Crippen LogP contribution in [0.3, 0.4) is 0 Å². The first kappa shape index (κ1) is 16.3. The fourth-order valence-corrected chi connectivity index (χ4v) is 4.32. The Bertz CT molecular complexity index is 1040. The molecule has 0 saturated carbocycles. The molecule has 6 nitrogen and oxygen atoms in total. The van der Waals surface area contributed by atoms with Gasteiger partial charge in [0.2, 0.25) is 0 Å². The van der Waals surface area contributed by atoms with Crippen molar-refractivity contribution < 1.29 is 29.0 Å². The van der Waals surface area contributed by atoms with Gasteiger partial charge in [0.15, 0.2) is 11.6 Å². The summed E-state index contributed by atoms with van der Waals surface area (Å²) >= 11 is 0.975. The molecule has 1 aromatic heterocycles. The summed E-state index contributed by atoms with van der Waals surface area (Å²) in [4.78, 5) is 37.6. The maximum Gasteiger partial charge on any atom is 0.345 e. The Labute approximate surface area is 151 Å². The van der Waals surface area contributed by atoms with Crippen molar-refractivity contribution in [2.45, 2.75) is 0 Å². The van der Waals surface area contributed by atoms with Crippen LogP contribution in [0.5, 0.6) is 11.5 Å². The van der Waals surface area contributed by atoms with Crippen LogP contribution in [0.2, 0.25) is 0 Å². The first-order valence-corrected chi connectivity index (χ1v) is 8.44. The van der Waals surface area contributed by atoms with E-state index in [0.29, 0.717) is 21.2 Å². The van der Waals surface area contributed by atoms with Gasteiger partial charge in [-0.2, -0.15) is 0 Å². The van der Waals surface area contributed by atoms with Crippen LogP contribution < -0.4 is 9.47 Å². The van der Waals surface area contributed by atoms with Crippen molar-refractivity contribution in [3.05, 3.63) is 57.5 Å². The Kier molecular flexibility index (Phi) is 3.55. The van der Waals surface area contributed by atoms with E-state index in [2.05, 4.69) is 0 Å². The number of rotatable bonds is 3. The predicted molar refractivity (Wildman–Crippen MR) is 95.2 cm³/mol. The quantitative estimate of drug-likeness (QED) is 0.596. The SMILES string of the molecule is COc1c2c(c(OC)c3sc(C(=O)O)cc13)C(=O)c1ccccc1C2=O. The minimum atomic E-state index is -1.10. The molecule has 0 amide bonds. The van der Waals surface area contributed by atoms with Crippen LogP contribution in [-0.4, -0.2) is 36.9 Å². The molecule has 3 aromatic rings. The third-order valence-corrected chi connectivity index (χ3v) is 5.50. The molecule has 0 spiro atoms. The Balaban J connectivity index is 2.18. The van der Waals surface area contributed by atoms with E-state index in [1.165, 1.54) is 20.3 Å². The number of methoxy groups -OCH3 is 2. The zero-order chi connectivity index (χ0) is 18.6. The maximum absolute atomic E-state index is 13.1. The number of ketones is 2. The number of hydrogen-bond donors (Lipinski definition) is 1. The summed E-state index contributed by atoms with van der Waals surface area (Å²) in [5.74, 6) is -1.42. The minimum absolute atomic E-state index is 0.0661. The molecule has 1 aliphatic carbocycles. The lowest BCUT2D eigenvalue weighted by Gasteiger charge is -2.22. The highest BCUT2D eigenvalue weighted by atomic mass is 32.1. The van der Waals surface area contributed by atoms with Crippen LogP contribution in [0.15, 0.2) is 30.3 Å². The first-order chi connectivity index (χ1) is 12.5. The molecule has 0 atom stereocenters. The second kappa shape index (κ2) is 5.67. The van der Waals surface area contributed by atoms with Gasteiger partial charge < -0.3 is 14.6 Å². The Hall–Kier alpha value is -3.19. The number of hydrogen-bond acceptors (Lipinski definition) is 6. The number of ether oxygens (including phenoxy) is 2. The van der Waals surface area contributed by atoms with Crippen molar-refractivity contribution in [2.75, 3.05) is 14.2 Å². The molecule has 0 fully saturated rings. The van der Waals surface area contributed by atoms with Gasteiger partial charge in [-0.05, 0) is 6.07 Å². The van der Waals surface area contributed by atoms with Crippen molar-refractivity contribution in [2.24, 2.45) is 0 Å². The second-order valence-corrected chi connectivity index (χ2v) is 6.73. The highest BCUT2D eigenvalue weighted by Gasteiger charge is 2.37. The summed E-state index contributed by atoms with van der Waals surface area (Å²) in [5, 5.41) is 9.76. The van der Waals surface area contributed by atoms with Gasteiger partial charge in [0.1, 0.15) is 16.4 Å². The first-order valence-electron chi connectivity index (χ1n) is 7.62. The molecule has 1 N–H and O–H groups in total. The minimum Gasteiger partial charge on any atom is -0.495 e. The number of carbonyl (C=O) groups excluding carboxylic acids is 2. The van der Waals surface area contributed by atoms with Gasteiger partial charge in [0.25, 0.3) is 0 Å². The van der Waals surface area contributed by atoms with Crippen LogP contribution in [0, 0.1) is 0 Å². The van der Waals surface area contributed by atoms with E-state index < -0.39 is 5.97 Å². The molecule has 0 saturated heterocycles. The molecule has 0 aliphatic heterocycles. The van der Waals surface area contributed by atoms with Gasteiger partial charge >= 0.3 is 5.97 Å². The monoisotopic (exact) mass is 368 g/mol. The van der Waals surface area contributed by atoms with Crippen molar-refractivity contribution in [1.29, 1.82) is 0 Å². The average molecular weight is 368 g/mol. The van der Waals surface area contributed by atoms with Crippen molar-refractivity contribution in [1.82, 2.24) is 0 Å². The fraction of sp³-hybridized carbons (Fsp3) is 0.105. The number of aromatic carboxylic acids is 1. The van der Waals surface area contributed by atoms with E-state index in [9.17, 15) is 19.5 Å². The summed E-state index contributed by atoms with van der Waals surface area (Å²) in [6.45, 7) is 0. The van der Waals surface area contributed by atoms with Gasteiger partial charge in [0, 0.05) is 16.5 Å². The van der Waals surface area contributed by atoms with Crippen LogP contribution in [0.4, 0.5) is 0 Å². The number of fused-ring (bicyclic) bond motifs is 3. The van der Waals surface area contributed by atoms with Gasteiger partial charge in [-0.1, -0.05) is 24.3 Å². The molecule has 1 heterocycles. The summed E-state index contributed by atoms with van der Waals surface area (Å²) in [6.07, 6.45) is 0. The summed E-state index contributed by atoms with van der Waals surface area (Å²) < 4.78 is 11.3. The lowest BCUT2D eigenvalue weighted by atomic mass is 9.82. The average Bonchev–Trinajstić information content (AvgIpc) is 3.09. The van der Waals surface area contributed by atoms with Crippen molar-refractivity contribution >= 4 is 39.0 Å². The summed E-state index contributed by atoms with van der Waals surface area (Å²) in [7, 11) is 2.78. The van der Waals surface area contributed by atoms with Gasteiger partial charge in [0.05, 0.1) is 30.0 Å². The highest BCUT2D eigenvalue weighted by molar-refractivity contribution is 7.21. The number of benzene rings is 2. The van der Waals surface area contributed by atoms with E-state index in [4.69, 9.17) is 9.47 Å². The summed E-state index contributed by atoms with van der Waals surface area (Å²) in [5.41, 5.74) is 0.799. The molecule has 130 valence electrons. The predicted octanol–water partition coefficient (Wildman–Crippen LogP) is 3.39. The van der Waals surface area contributed by atoms with E-state index in [0.717, 1.165) is 11.3 Å². The van der Waals surface area contributed by atoms with Crippen LogP contribution in [-0.2, 0) is 0 Å². The molecule has 0 unspecified atom stereocenters. The maximum atomic E-state index is 13.1. The zero-order valence-corrected chi connectivity index (χ0v) is 14.6. The lowest BCUT2D eigenvalue weighted by molar-refractivity contribution is 0.0702. The third kappa shape index (κ3) is 2.01. The van der Waals surface area contributed by atoms with E-state index in [1.807, 2.05) is 0 Å². The molecule has 2 aromatic carbocycles. The molecule has 0 radical (unpaired) electrons. The smallest absolute Gasteiger partial charge is 0.345 e. The number of carboxylic acid groups (broad SMARTS) is 1. The van der Waals surface area contributed by atoms with Crippen LogP contribution in [0.1, 0.15) is 41.5 Å². The molecular weight excluding hydrogens is 356 g/mol. The van der Waals surface area contributed by atoms with Crippen molar-refractivity contribution in [3.8, 4) is 11.5 Å². The van der Waals surface area contributed by atoms with E-state index >= 15 is 0 Å². The Morgan fingerprint density at radius 1 is 0.962 bits per heavy atom. The zero-order valence-electron chi connectivity index (χ0n) is 13.8. The molecule has 4 rings (SSSR count). The van der Waals surface area contributed by atoms with E-state index in [1.54, 1.807) is 24.3 Å². The third-order valence-electron chi connectivity index (χ3n) is 4.38. The molecule has 26 heavy (non-hydrogen) atoms. The highest BCUT2D eigenvalue weighted by Crippen LogP contribution is 2.48. The van der Waals surface area contributed by atoms with Crippen LogP contribution in [0.25, 0.3) is 10.1 Å². The van der Waals surface area contributed by atoms with E-state index in [-0.39, 0.29) is 39.1 Å². The molecular formula is C19H12O6S. The topological polar surface area (TPSA) is 89.9 Å².